The van der Waals surface area contributed by atoms with Gasteiger partial charge in [0, 0.05) is 31.5 Å². The van der Waals surface area contributed by atoms with Gasteiger partial charge in [0.15, 0.2) is 5.96 Å². The van der Waals surface area contributed by atoms with E-state index in [1.54, 1.807) is 6.20 Å². The molecule has 5 nitrogen and oxygen atoms in total. The number of nitrogens with one attached hydrogen (secondary N) is 1. The molecule has 1 aromatic heterocycles. The molecule has 0 spiro atoms. The van der Waals surface area contributed by atoms with E-state index in [9.17, 15) is 0 Å². The highest BCUT2D eigenvalue weighted by molar-refractivity contribution is 5.77. The highest BCUT2D eigenvalue weighted by Gasteiger charge is 1.94. The Morgan fingerprint density at radius 3 is 3.00 bits per heavy atom. The second kappa shape index (κ2) is 6.06. The van der Waals surface area contributed by atoms with Gasteiger partial charge in [-0.2, -0.15) is 5.10 Å². The molecule has 0 aliphatic carbocycles. The van der Waals surface area contributed by atoms with Crippen molar-refractivity contribution in [2.75, 3.05) is 6.54 Å². The van der Waals surface area contributed by atoms with Gasteiger partial charge in [0.05, 0.1) is 0 Å². The molecule has 15 heavy (non-hydrogen) atoms. The number of aromatic nitrogens is 2. The molecule has 1 aromatic rings. The first kappa shape index (κ1) is 11.6. The SMILES string of the molecule is CC(C)NC(N)=NCCCn1cccn1. The van der Waals surface area contributed by atoms with Crippen LogP contribution in [0.5, 0.6) is 0 Å². The third-order valence-corrected chi connectivity index (χ3v) is 1.82. The first-order valence-corrected chi connectivity index (χ1v) is 5.22. The van der Waals surface area contributed by atoms with Crippen molar-refractivity contribution in [3.8, 4) is 0 Å². The lowest BCUT2D eigenvalue weighted by Gasteiger charge is -2.08. The number of guanidine groups is 1. The van der Waals surface area contributed by atoms with Crippen molar-refractivity contribution in [3.63, 3.8) is 0 Å². The fraction of sp³-hybridized carbons (Fsp3) is 0.600. The second-order valence-electron chi connectivity index (χ2n) is 3.69. The lowest BCUT2D eigenvalue weighted by atomic mass is 10.4. The predicted molar refractivity (Wildman–Crippen MR) is 61.6 cm³/mol. The summed E-state index contributed by atoms with van der Waals surface area (Å²) in [5, 5.41) is 7.14. The Labute approximate surface area is 90.4 Å². The molecule has 0 atom stereocenters. The predicted octanol–water partition coefficient (Wildman–Crippen LogP) is 0.586. The zero-order valence-electron chi connectivity index (χ0n) is 9.35. The summed E-state index contributed by atoms with van der Waals surface area (Å²) >= 11 is 0. The molecule has 0 amide bonds. The summed E-state index contributed by atoms with van der Waals surface area (Å²) in [7, 11) is 0. The van der Waals surface area contributed by atoms with Gasteiger partial charge in [-0.25, -0.2) is 0 Å². The molecule has 1 heterocycles. The first-order valence-electron chi connectivity index (χ1n) is 5.22. The molecule has 3 N–H and O–H groups in total. The van der Waals surface area contributed by atoms with E-state index in [1.807, 2.05) is 30.8 Å². The quantitative estimate of drug-likeness (QED) is 0.423. The van der Waals surface area contributed by atoms with Gasteiger partial charge in [0.2, 0.25) is 0 Å². The van der Waals surface area contributed by atoms with E-state index >= 15 is 0 Å². The van der Waals surface area contributed by atoms with Crippen LogP contribution in [0.15, 0.2) is 23.5 Å². The third kappa shape index (κ3) is 5.05. The summed E-state index contributed by atoms with van der Waals surface area (Å²) in [6.07, 6.45) is 4.67. The zero-order valence-corrected chi connectivity index (χ0v) is 9.35. The van der Waals surface area contributed by atoms with Crippen LogP contribution >= 0.6 is 0 Å². The van der Waals surface area contributed by atoms with Crippen LogP contribution in [-0.2, 0) is 6.54 Å². The molecule has 0 unspecified atom stereocenters. The van der Waals surface area contributed by atoms with Gasteiger partial charge >= 0.3 is 0 Å². The van der Waals surface area contributed by atoms with Crippen LogP contribution in [0.2, 0.25) is 0 Å². The molecule has 0 radical (unpaired) electrons. The lowest BCUT2D eigenvalue weighted by Crippen LogP contribution is -2.36. The van der Waals surface area contributed by atoms with E-state index in [0.29, 0.717) is 12.0 Å². The van der Waals surface area contributed by atoms with Crippen LogP contribution in [0.4, 0.5) is 0 Å². The van der Waals surface area contributed by atoms with E-state index < -0.39 is 0 Å². The number of hydrogen-bond donors (Lipinski definition) is 2. The smallest absolute Gasteiger partial charge is 0.188 e. The molecule has 0 fully saturated rings. The Morgan fingerprint density at radius 2 is 2.40 bits per heavy atom. The van der Waals surface area contributed by atoms with Crippen LogP contribution in [0, 0.1) is 0 Å². The van der Waals surface area contributed by atoms with Crippen molar-refractivity contribution in [3.05, 3.63) is 18.5 Å². The zero-order chi connectivity index (χ0) is 11.1. The van der Waals surface area contributed by atoms with Gasteiger partial charge in [0.1, 0.15) is 0 Å². The van der Waals surface area contributed by atoms with Crippen LogP contribution < -0.4 is 11.1 Å². The number of aryl methyl sites for hydroxylation is 1. The standard InChI is InChI=1S/C10H19N5/c1-9(2)14-10(11)12-5-3-7-15-8-4-6-13-15/h4,6,8-9H,3,5,7H2,1-2H3,(H3,11,12,14). The van der Waals surface area contributed by atoms with Crippen LogP contribution in [0.25, 0.3) is 0 Å². The maximum absolute atomic E-state index is 5.65. The molecular formula is C10H19N5. The van der Waals surface area contributed by atoms with Gasteiger partial charge in [-0.05, 0) is 26.3 Å². The van der Waals surface area contributed by atoms with Crippen LogP contribution in [0.1, 0.15) is 20.3 Å². The average Bonchev–Trinajstić information content (AvgIpc) is 2.63. The molecule has 0 aliphatic heterocycles. The first-order chi connectivity index (χ1) is 7.18. The van der Waals surface area contributed by atoms with Gasteiger partial charge in [-0.1, -0.05) is 0 Å². The largest absolute Gasteiger partial charge is 0.370 e. The molecular weight excluding hydrogens is 190 g/mol. The van der Waals surface area contributed by atoms with E-state index in [0.717, 1.165) is 19.5 Å². The Kier molecular flexibility index (Phi) is 4.66. The van der Waals surface area contributed by atoms with Crippen molar-refractivity contribution < 1.29 is 0 Å². The highest BCUT2D eigenvalue weighted by Crippen LogP contribution is 1.89. The molecule has 1 rings (SSSR count). The maximum Gasteiger partial charge on any atom is 0.188 e. The minimum atomic E-state index is 0.333. The Hall–Kier alpha value is -1.52. The minimum Gasteiger partial charge on any atom is -0.370 e. The fourth-order valence-electron chi connectivity index (χ4n) is 1.21. The highest BCUT2D eigenvalue weighted by atomic mass is 15.3. The molecule has 5 heteroatoms. The van der Waals surface area contributed by atoms with Crippen molar-refractivity contribution in [2.24, 2.45) is 10.7 Å². The molecule has 84 valence electrons. The number of nitrogens with two attached hydrogens (primary N) is 1. The summed E-state index contributed by atoms with van der Waals surface area (Å²) in [5.74, 6) is 0.519. The van der Waals surface area contributed by atoms with Gasteiger partial charge in [-0.15, -0.1) is 0 Å². The van der Waals surface area contributed by atoms with Crippen molar-refractivity contribution >= 4 is 5.96 Å². The minimum absolute atomic E-state index is 0.333. The fourth-order valence-corrected chi connectivity index (χ4v) is 1.21. The van der Waals surface area contributed by atoms with E-state index in [2.05, 4.69) is 15.4 Å². The molecule has 0 aromatic carbocycles. The van der Waals surface area contributed by atoms with Gasteiger partial charge in [0.25, 0.3) is 0 Å². The van der Waals surface area contributed by atoms with Crippen molar-refractivity contribution in [1.82, 2.24) is 15.1 Å². The normalized spacial score (nSPS) is 12.1. The van der Waals surface area contributed by atoms with Crippen LogP contribution in [-0.4, -0.2) is 28.3 Å². The second-order valence-corrected chi connectivity index (χ2v) is 3.69. The van der Waals surface area contributed by atoms with Gasteiger partial charge in [-0.3, -0.25) is 9.67 Å². The maximum atomic E-state index is 5.65. The number of aliphatic imine (C=N–C) groups is 1. The molecule has 0 bridgehead atoms. The third-order valence-electron chi connectivity index (χ3n) is 1.82. The Balaban J connectivity index is 2.15. The lowest BCUT2D eigenvalue weighted by molar-refractivity contribution is 0.584. The summed E-state index contributed by atoms with van der Waals surface area (Å²) in [6.45, 7) is 5.68. The van der Waals surface area contributed by atoms with Crippen molar-refractivity contribution in [1.29, 1.82) is 0 Å². The number of hydrogen-bond acceptors (Lipinski definition) is 2. The number of nitrogens with zero attached hydrogens (tertiary/aromatic N) is 3. The van der Waals surface area contributed by atoms with E-state index in [-0.39, 0.29) is 0 Å². The molecule has 0 saturated carbocycles. The summed E-state index contributed by atoms with van der Waals surface area (Å²) in [6, 6.07) is 2.25. The number of rotatable bonds is 5. The van der Waals surface area contributed by atoms with Crippen LogP contribution in [0.3, 0.4) is 0 Å². The van der Waals surface area contributed by atoms with E-state index in [1.165, 1.54) is 0 Å². The monoisotopic (exact) mass is 209 g/mol. The topological polar surface area (TPSA) is 68.2 Å². The molecule has 0 aliphatic rings. The van der Waals surface area contributed by atoms with Crippen molar-refractivity contribution in [2.45, 2.75) is 32.9 Å². The molecule has 0 saturated heterocycles. The van der Waals surface area contributed by atoms with E-state index in [4.69, 9.17) is 5.73 Å². The summed E-state index contributed by atoms with van der Waals surface area (Å²) in [5.41, 5.74) is 5.65. The average molecular weight is 209 g/mol. The van der Waals surface area contributed by atoms with Gasteiger partial charge < -0.3 is 11.1 Å². The Morgan fingerprint density at radius 1 is 1.60 bits per heavy atom. The Bertz CT molecular complexity index is 289. The summed E-state index contributed by atoms with van der Waals surface area (Å²) in [4.78, 5) is 4.21. The summed E-state index contributed by atoms with van der Waals surface area (Å²) < 4.78 is 1.89.